The topological polar surface area (TPSA) is 76.8 Å². The van der Waals surface area contributed by atoms with Gasteiger partial charge in [-0.15, -0.1) is 11.8 Å². The van der Waals surface area contributed by atoms with Gasteiger partial charge in [-0.1, -0.05) is 12.1 Å². The summed E-state index contributed by atoms with van der Waals surface area (Å²) in [5.41, 5.74) is 3.31. The van der Waals surface area contributed by atoms with Crippen LogP contribution in [0, 0.1) is 19.7 Å². The maximum atomic E-state index is 13.5. The minimum atomic E-state index is -0.745. The summed E-state index contributed by atoms with van der Waals surface area (Å²) >= 11 is 1.51. The molecule has 0 unspecified atom stereocenters. The van der Waals surface area contributed by atoms with Crippen molar-refractivity contribution in [3.63, 3.8) is 0 Å². The highest BCUT2D eigenvalue weighted by molar-refractivity contribution is 8.00. The lowest BCUT2D eigenvalue weighted by atomic mass is 10.0. The molecule has 1 amide bonds. The Labute approximate surface area is 193 Å². The molecule has 2 saturated heterocycles. The van der Waals surface area contributed by atoms with Crippen LogP contribution >= 0.6 is 11.8 Å². The molecule has 2 aliphatic heterocycles. The number of hydrogen-bond acceptors (Lipinski definition) is 6. The number of ether oxygens (including phenoxy) is 1. The van der Waals surface area contributed by atoms with Crippen LogP contribution in [-0.4, -0.2) is 28.6 Å². The van der Waals surface area contributed by atoms with E-state index in [2.05, 4.69) is 0 Å². The van der Waals surface area contributed by atoms with Crippen LogP contribution in [0.15, 0.2) is 51.7 Å². The third kappa shape index (κ3) is 3.62. The number of halogens is 1. The molecule has 5 rings (SSSR count). The predicted octanol–water partition coefficient (Wildman–Crippen LogP) is 4.18. The molecule has 3 aromatic rings. The van der Waals surface area contributed by atoms with Gasteiger partial charge in [0.15, 0.2) is 0 Å². The molecule has 0 spiro atoms. The summed E-state index contributed by atoms with van der Waals surface area (Å²) in [5, 5.41) is 0.712. The average Bonchev–Trinajstić information content (AvgIpc) is 3.32. The summed E-state index contributed by atoms with van der Waals surface area (Å²) in [7, 11) is 0. The molecule has 2 aromatic carbocycles. The third-order valence-corrected chi connectivity index (χ3v) is 8.11. The van der Waals surface area contributed by atoms with E-state index in [-0.39, 0.29) is 18.3 Å². The molecule has 0 saturated carbocycles. The molecule has 3 heterocycles. The maximum Gasteiger partial charge on any atom is 0.336 e. The number of hydrogen-bond donors (Lipinski definition) is 0. The molecule has 2 fully saturated rings. The van der Waals surface area contributed by atoms with Crippen LogP contribution in [0.1, 0.15) is 35.1 Å². The molecule has 8 heteroatoms. The number of amides is 1. The minimum Gasteiger partial charge on any atom is -0.459 e. The van der Waals surface area contributed by atoms with E-state index in [9.17, 15) is 18.8 Å². The molecular formula is C25H22FNO5S. The zero-order valence-electron chi connectivity index (χ0n) is 18.2. The van der Waals surface area contributed by atoms with Crippen molar-refractivity contribution < 1.29 is 23.1 Å². The molecule has 170 valence electrons. The highest BCUT2D eigenvalue weighted by atomic mass is 32.2. The molecule has 33 heavy (non-hydrogen) atoms. The van der Waals surface area contributed by atoms with Crippen LogP contribution < -0.4 is 5.63 Å². The van der Waals surface area contributed by atoms with Crippen LogP contribution in [0.5, 0.6) is 0 Å². The van der Waals surface area contributed by atoms with E-state index in [1.54, 1.807) is 23.1 Å². The van der Waals surface area contributed by atoms with Crippen molar-refractivity contribution in [1.29, 1.82) is 0 Å². The standard InChI is InChI=1S/C25H22FNO5S/c1-14-9-19-16(11-23(29)32-21(19)10-15(14)2)12-31-24(30)20-13-33-25(8-7-22(28)27(20)25)17-3-5-18(26)6-4-17/h3-6,9-11,20H,7-8,12-13H2,1-2H3/t20-,25+/m1/s1. The Kier molecular flexibility index (Phi) is 5.28. The molecule has 0 N–H and O–H groups in total. The first-order valence-electron chi connectivity index (χ1n) is 10.7. The molecule has 0 bridgehead atoms. The highest BCUT2D eigenvalue weighted by Crippen LogP contribution is 2.54. The zero-order valence-corrected chi connectivity index (χ0v) is 19.0. The largest absolute Gasteiger partial charge is 0.459 e. The Morgan fingerprint density at radius 3 is 2.67 bits per heavy atom. The number of carbonyl (C=O) groups is 2. The molecule has 1 aromatic heterocycles. The maximum absolute atomic E-state index is 13.5. The predicted molar refractivity (Wildman–Crippen MR) is 122 cm³/mol. The van der Waals surface area contributed by atoms with Crippen LogP contribution in [0.25, 0.3) is 11.0 Å². The van der Waals surface area contributed by atoms with E-state index in [0.29, 0.717) is 35.1 Å². The first-order chi connectivity index (χ1) is 15.8. The van der Waals surface area contributed by atoms with Gasteiger partial charge in [0.25, 0.3) is 0 Å². The molecule has 2 atom stereocenters. The lowest BCUT2D eigenvalue weighted by Gasteiger charge is -2.33. The fraction of sp³-hybridized carbons (Fsp3) is 0.320. The minimum absolute atomic E-state index is 0.101. The van der Waals surface area contributed by atoms with Crippen molar-refractivity contribution in [2.45, 2.75) is 44.2 Å². The molecule has 0 radical (unpaired) electrons. The fourth-order valence-corrected chi connectivity index (χ4v) is 6.31. The van der Waals surface area contributed by atoms with E-state index in [1.807, 2.05) is 19.9 Å². The number of thioether (sulfide) groups is 1. The van der Waals surface area contributed by atoms with Gasteiger partial charge in [-0.05, 0) is 61.2 Å². The number of carbonyl (C=O) groups excluding carboxylic acids is 2. The summed E-state index contributed by atoms with van der Waals surface area (Å²) in [6.07, 6.45) is 0.867. The SMILES string of the molecule is Cc1cc2oc(=O)cc(COC(=O)[C@H]3CS[C@]4(c5ccc(F)cc5)CCC(=O)N34)c2cc1C. The lowest BCUT2D eigenvalue weighted by Crippen LogP contribution is -2.46. The van der Waals surface area contributed by atoms with Crippen molar-refractivity contribution in [2.24, 2.45) is 0 Å². The summed E-state index contributed by atoms with van der Waals surface area (Å²) in [4.78, 5) is 38.8. The average molecular weight is 468 g/mol. The summed E-state index contributed by atoms with van der Waals surface area (Å²) in [5.74, 6) is -0.608. The normalized spacial score (nSPS) is 22.1. The number of aryl methyl sites for hydroxylation is 2. The second-order valence-electron chi connectivity index (χ2n) is 8.51. The van der Waals surface area contributed by atoms with Gasteiger partial charge < -0.3 is 14.1 Å². The molecule has 0 aliphatic carbocycles. The van der Waals surface area contributed by atoms with Crippen LogP contribution in [0.3, 0.4) is 0 Å². The van der Waals surface area contributed by atoms with E-state index in [4.69, 9.17) is 9.15 Å². The van der Waals surface area contributed by atoms with Crippen molar-refractivity contribution in [3.8, 4) is 0 Å². The second kappa shape index (κ2) is 8.02. The number of esters is 1. The Bertz CT molecular complexity index is 1340. The van der Waals surface area contributed by atoms with E-state index in [1.165, 1.54) is 30.0 Å². The van der Waals surface area contributed by atoms with E-state index >= 15 is 0 Å². The first-order valence-corrected chi connectivity index (χ1v) is 11.7. The Morgan fingerprint density at radius 1 is 1.18 bits per heavy atom. The summed E-state index contributed by atoms with van der Waals surface area (Å²) < 4.78 is 24.4. The van der Waals surface area contributed by atoms with Gasteiger partial charge in [-0.25, -0.2) is 14.0 Å². The molecule has 6 nitrogen and oxygen atoms in total. The van der Waals surface area contributed by atoms with Gasteiger partial charge in [0.1, 0.15) is 28.9 Å². The smallest absolute Gasteiger partial charge is 0.336 e. The van der Waals surface area contributed by atoms with E-state index in [0.717, 1.165) is 16.7 Å². The van der Waals surface area contributed by atoms with Crippen molar-refractivity contribution in [1.82, 2.24) is 4.90 Å². The fourth-order valence-electron chi connectivity index (χ4n) is 4.68. The number of benzene rings is 2. The Hall–Kier alpha value is -3.13. The zero-order chi connectivity index (χ0) is 23.3. The van der Waals surface area contributed by atoms with Gasteiger partial charge >= 0.3 is 11.6 Å². The first kappa shape index (κ1) is 21.7. The quantitative estimate of drug-likeness (QED) is 0.423. The Balaban J connectivity index is 1.40. The van der Waals surface area contributed by atoms with Gasteiger partial charge in [-0.3, -0.25) is 4.79 Å². The summed E-state index contributed by atoms with van der Waals surface area (Å²) in [6, 6.07) is 10.4. The molecular weight excluding hydrogens is 445 g/mol. The van der Waals surface area contributed by atoms with Crippen molar-refractivity contribution in [2.75, 3.05) is 5.75 Å². The second-order valence-corrected chi connectivity index (χ2v) is 9.81. The van der Waals surface area contributed by atoms with Crippen molar-refractivity contribution >= 4 is 34.6 Å². The van der Waals surface area contributed by atoms with Crippen LogP contribution in [0.4, 0.5) is 4.39 Å². The lowest BCUT2D eigenvalue weighted by molar-refractivity contribution is -0.155. The number of nitrogens with zero attached hydrogens (tertiary/aromatic N) is 1. The van der Waals surface area contributed by atoms with Gasteiger partial charge in [0, 0.05) is 29.2 Å². The summed E-state index contributed by atoms with van der Waals surface area (Å²) in [6.45, 7) is 3.79. The van der Waals surface area contributed by atoms with E-state index < -0.39 is 22.5 Å². The van der Waals surface area contributed by atoms with Gasteiger partial charge in [-0.2, -0.15) is 0 Å². The Morgan fingerprint density at radius 2 is 1.91 bits per heavy atom. The number of fused-ring (bicyclic) bond motifs is 2. The van der Waals surface area contributed by atoms with Gasteiger partial charge in [0.05, 0.1) is 0 Å². The third-order valence-electron chi connectivity index (χ3n) is 6.51. The van der Waals surface area contributed by atoms with Crippen LogP contribution in [0.2, 0.25) is 0 Å². The highest BCUT2D eigenvalue weighted by Gasteiger charge is 2.57. The van der Waals surface area contributed by atoms with Crippen molar-refractivity contribution in [3.05, 3.63) is 81.0 Å². The van der Waals surface area contributed by atoms with Crippen LogP contribution in [-0.2, 0) is 25.8 Å². The monoisotopic (exact) mass is 467 g/mol. The molecule has 2 aliphatic rings. The number of rotatable bonds is 4. The van der Waals surface area contributed by atoms with Gasteiger partial charge in [0.2, 0.25) is 5.91 Å².